The Labute approximate surface area is 171 Å². The Balaban J connectivity index is 0.00000210. The highest BCUT2D eigenvalue weighted by Crippen LogP contribution is 2.55. The molecule has 4 rings (SSSR count). The predicted octanol–water partition coefficient (Wildman–Crippen LogP) is 1.98. The summed E-state index contributed by atoms with van der Waals surface area (Å²) in [6, 6.07) is 41.9. The lowest BCUT2D eigenvalue weighted by Crippen LogP contribution is -3.00. The lowest BCUT2D eigenvalue weighted by molar-refractivity contribution is -0.00000551. The van der Waals surface area contributed by atoms with Crippen molar-refractivity contribution in [2.24, 2.45) is 0 Å². The molecule has 0 unspecified atom stereocenters. The summed E-state index contributed by atoms with van der Waals surface area (Å²) in [4.78, 5) is 0. The minimum Gasteiger partial charge on any atom is -1.00 e. The highest BCUT2D eigenvalue weighted by molar-refractivity contribution is 7.92. The van der Waals surface area contributed by atoms with E-state index in [1.165, 1.54) is 15.9 Å². The molecule has 4 aromatic rings. The first-order valence-corrected chi connectivity index (χ1v) is 10.4. The van der Waals surface area contributed by atoms with E-state index in [0.29, 0.717) is 0 Å². The molecule has 0 bridgehead atoms. The van der Waals surface area contributed by atoms with Crippen molar-refractivity contribution in [2.45, 2.75) is 0 Å². The van der Waals surface area contributed by atoms with Gasteiger partial charge in [0.15, 0.2) is 5.75 Å². The molecule has 0 radical (unpaired) electrons. The standard InChI is InChI=1S/C24H20OP.BrH/c1-5-13-21(14-6-1)25-26(22-15-7-2-8-16-22,23-17-9-3-10-18-23)24-19-11-4-12-20-24;/h1-20H;1H/q+1;/p-1. The van der Waals surface area contributed by atoms with Crippen LogP contribution in [0.3, 0.4) is 0 Å². The summed E-state index contributed by atoms with van der Waals surface area (Å²) in [6.07, 6.45) is 0. The van der Waals surface area contributed by atoms with Gasteiger partial charge in [-0.2, -0.15) is 0 Å². The predicted molar refractivity (Wildman–Crippen MR) is 112 cm³/mol. The molecule has 0 aliphatic carbocycles. The minimum absolute atomic E-state index is 0. The van der Waals surface area contributed by atoms with E-state index in [2.05, 4.69) is 91.0 Å². The minimum atomic E-state index is -2.28. The van der Waals surface area contributed by atoms with E-state index in [0.717, 1.165) is 5.75 Å². The lowest BCUT2D eigenvalue weighted by atomic mass is 10.3. The third-order valence-electron chi connectivity index (χ3n) is 4.34. The zero-order valence-corrected chi connectivity index (χ0v) is 17.3. The van der Waals surface area contributed by atoms with Crippen molar-refractivity contribution in [1.29, 1.82) is 0 Å². The van der Waals surface area contributed by atoms with Crippen LogP contribution in [-0.2, 0) is 0 Å². The van der Waals surface area contributed by atoms with Gasteiger partial charge in [0.25, 0.3) is 7.49 Å². The molecule has 0 heterocycles. The Morgan fingerprint density at radius 2 is 0.704 bits per heavy atom. The molecule has 3 heteroatoms. The normalized spacial score (nSPS) is 10.7. The number of halogens is 1. The van der Waals surface area contributed by atoms with Crippen LogP contribution >= 0.6 is 7.49 Å². The lowest BCUT2D eigenvalue weighted by Gasteiger charge is -2.26. The van der Waals surface area contributed by atoms with Gasteiger partial charge in [-0.15, -0.1) is 0 Å². The van der Waals surface area contributed by atoms with Crippen LogP contribution in [0.5, 0.6) is 5.75 Å². The Morgan fingerprint density at radius 1 is 0.407 bits per heavy atom. The maximum absolute atomic E-state index is 6.87. The first-order chi connectivity index (χ1) is 12.9. The molecule has 0 aliphatic heterocycles. The van der Waals surface area contributed by atoms with Gasteiger partial charge < -0.3 is 21.5 Å². The second kappa shape index (κ2) is 8.99. The van der Waals surface area contributed by atoms with Crippen LogP contribution in [0.25, 0.3) is 0 Å². The van der Waals surface area contributed by atoms with Crippen LogP contribution in [0, 0.1) is 0 Å². The molecule has 0 amide bonds. The van der Waals surface area contributed by atoms with E-state index >= 15 is 0 Å². The van der Waals surface area contributed by atoms with Crippen molar-refractivity contribution < 1.29 is 21.5 Å². The first kappa shape index (κ1) is 19.4. The maximum Gasteiger partial charge on any atom is 0.287 e. The van der Waals surface area contributed by atoms with Crippen LogP contribution in [0.4, 0.5) is 0 Å². The van der Waals surface area contributed by atoms with E-state index in [-0.39, 0.29) is 17.0 Å². The molecule has 27 heavy (non-hydrogen) atoms. The average molecular weight is 435 g/mol. The highest BCUT2D eigenvalue weighted by atomic mass is 79.9. The van der Waals surface area contributed by atoms with Crippen molar-refractivity contribution in [3.05, 3.63) is 121 Å². The second-order valence-corrected chi connectivity index (χ2v) is 8.97. The van der Waals surface area contributed by atoms with Gasteiger partial charge in [0.2, 0.25) is 0 Å². The fourth-order valence-corrected chi connectivity index (χ4v) is 6.58. The van der Waals surface area contributed by atoms with Crippen LogP contribution in [0.1, 0.15) is 0 Å². The van der Waals surface area contributed by atoms with Gasteiger partial charge in [-0.05, 0) is 48.5 Å². The van der Waals surface area contributed by atoms with Crippen LogP contribution in [0.15, 0.2) is 121 Å². The van der Waals surface area contributed by atoms with Gasteiger partial charge in [0.1, 0.15) is 15.9 Å². The van der Waals surface area contributed by atoms with Crippen molar-refractivity contribution in [2.75, 3.05) is 0 Å². The summed E-state index contributed by atoms with van der Waals surface area (Å²) in [7, 11) is -2.28. The Morgan fingerprint density at radius 3 is 1.04 bits per heavy atom. The summed E-state index contributed by atoms with van der Waals surface area (Å²) in [5.41, 5.74) is 0. The largest absolute Gasteiger partial charge is 1.00 e. The zero-order chi connectivity index (χ0) is 17.7. The van der Waals surface area contributed by atoms with E-state index in [1.54, 1.807) is 0 Å². The topological polar surface area (TPSA) is 9.23 Å². The summed E-state index contributed by atoms with van der Waals surface area (Å²) < 4.78 is 6.87. The Bertz CT molecular complexity index is 848. The molecule has 0 aromatic heterocycles. The van der Waals surface area contributed by atoms with Crippen molar-refractivity contribution in [3.8, 4) is 5.75 Å². The number of benzene rings is 4. The third kappa shape index (κ3) is 3.98. The molecular weight excluding hydrogens is 415 g/mol. The average Bonchev–Trinajstić information content (AvgIpc) is 2.75. The van der Waals surface area contributed by atoms with Gasteiger partial charge in [0.05, 0.1) is 0 Å². The highest BCUT2D eigenvalue weighted by Gasteiger charge is 2.49. The molecule has 0 saturated carbocycles. The summed E-state index contributed by atoms with van der Waals surface area (Å²) in [6.45, 7) is 0. The molecule has 0 fully saturated rings. The smallest absolute Gasteiger partial charge is 0.287 e. The molecule has 0 N–H and O–H groups in total. The molecular formula is C24H20BrOP. The fourth-order valence-electron chi connectivity index (χ4n) is 3.16. The van der Waals surface area contributed by atoms with E-state index in [9.17, 15) is 0 Å². The molecule has 0 spiro atoms. The summed E-state index contributed by atoms with van der Waals surface area (Å²) >= 11 is 0. The first-order valence-electron chi connectivity index (χ1n) is 8.70. The Kier molecular flexibility index (Phi) is 6.45. The van der Waals surface area contributed by atoms with Gasteiger partial charge in [-0.3, -0.25) is 0 Å². The van der Waals surface area contributed by atoms with Gasteiger partial charge >= 0.3 is 0 Å². The van der Waals surface area contributed by atoms with Gasteiger partial charge in [-0.25, -0.2) is 0 Å². The van der Waals surface area contributed by atoms with Crippen molar-refractivity contribution in [1.82, 2.24) is 0 Å². The van der Waals surface area contributed by atoms with Crippen LogP contribution in [-0.4, -0.2) is 0 Å². The number of rotatable bonds is 5. The van der Waals surface area contributed by atoms with E-state index in [1.807, 2.05) is 30.3 Å². The summed E-state index contributed by atoms with van der Waals surface area (Å²) in [5.74, 6) is 0.886. The fraction of sp³-hybridized carbons (Fsp3) is 0. The number of hydrogen-bond acceptors (Lipinski definition) is 1. The molecule has 0 aliphatic rings. The third-order valence-corrected chi connectivity index (χ3v) is 7.91. The molecule has 1 nitrogen and oxygen atoms in total. The number of hydrogen-bond donors (Lipinski definition) is 0. The van der Waals surface area contributed by atoms with Gasteiger partial charge in [0, 0.05) is 0 Å². The quantitative estimate of drug-likeness (QED) is 0.436. The van der Waals surface area contributed by atoms with E-state index in [4.69, 9.17) is 4.52 Å². The Hall–Kier alpha value is -2.41. The van der Waals surface area contributed by atoms with Crippen molar-refractivity contribution >= 4 is 23.4 Å². The zero-order valence-electron chi connectivity index (χ0n) is 14.8. The van der Waals surface area contributed by atoms with Crippen molar-refractivity contribution in [3.63, 3.8) is 0 Å². The maximum atomic E-state index is 6.87. The molecule has 0 saturated heterocycles. The van der Waals surface area contributed by atoms with Gasteiger partial charge in [-0.1, -0.05) is 72.8 Å². The second-order valence-electron chi connectivity index (χ2n) is 6.02. The van der Waals surface area contributed by atoms with Crippen LogP contribution < -0.4 is 37.4 Å². The van der Waals surface area contributed by atoms with Crippen LogP contribution in [0.2, 0.25) is 0 Å². The molecule has 0 atom stereocenters. The number of para-hydroxylation sites is 1. The SMILES string of the molecule is [Br-].c1ccc(O[P+](c2ccccc2)(c2ccccc2)c2ccccc2)cc1. The monoisotopic (exact) mass is 434 g/mol. The summed E-state index contributed by atoms with van der Waals surface area (Å²) in [5, 5.41) is 3.63. The molecule has 134 valence electrons. The molecule has 4 aromatic carbocycles. The van der Waals surface area contributed by atoms with E-state index < -0.39 is 7.49 Å².